The minimum absolute atomic E-state index is 0.0495. The minimum atomic E-state index is -0.0495. The maximum Gasteiger partial charge on any atom is 0.252 e. The van der Waals surface area contributed by atoms with Crippen LogP contribution in [0.5, 0.6) is 0 Å². The molecule has 1 atom stereocenters. The first-order valence-corrected chi connectivity index (χ1v) is 8.36. The second-order valence-electron chi connectivity index (χ2n) is 5.19. The third-order valence-corrected chi connectivity index (χ3v) is 4.39. The Hall–Kier alpha value is -1.13. The number of aryl methyl sites for hydroxylation is 1. The highest BCUT2D eigenvalue weighted by Gasteiger charge is 2.13. The van der Waals surface area contributed by atoms with Crippen molar-refractivity contribution in [2.45, 2.75) is 26.3 Å². The number of halogens is 2. The van der Waals surface area contributed by atoms with E-state index in [4.69, 9.17) is 0 Å². The molecule has 4 heteroatoms. The van der Waals surface area contributed by atoms with E-state index in [1.807, 2.05) is 44.2 Å². The average molecular weight is 411 g/mol. The van der Waals surface area contributed by atoms with Gasteiger partial charge in [-0.15, -0.1) is 0 Å². The first-order chi connectivity index (χ1) is 9.95. The van der Waals surface area contributed by atoms with E-state index in [0.717, 1.165) is 20.9 Å². The van der Waals surface area contributed by atoms with Gasteiger partial charge in [-0.1, -0.05) is 34.1 Å². The number of nitrogens with one attached hydrogen (secondary N) is 1. The summed E-state index contributed by atoms with van der Waals surface area (Å²) in [4.78, 5) is 12.3. The van der Waals surface area contributed by atoms with Crippen molar-refractivity contribution < 1.29 is 4.79 Å². The van der Waals surface area contributed by atoms with Gasteiger partial charge in [0, 0.05) is 15.0 Å². The molecule has 2 aromatic carbocycles. The Bertz CT molecular complexity index is 638. The summed E-state index contributed by atoms with van der Waals surface area (Å²) >= 11 is 6.87. The van der Waals surface area contributed by atoms with Crippen LogP contribution in [0.15, 0.2) is 51.4 Å². The summed E-state index contributed by atoms with van der Waals surface area (Å²) in [5.74, 6) is -0.0495. The Morgan fingerprint density at radius 2 is 1.81 bits per heavy atom. The van der Waals surface area contributed by atoms with Gasteiger partial charge in [-0.05, 0) is 71.6 Å². The number of hydrogen-bond donors (Lipinski definition) is 1. The van der Waals surface area contributed by atoms with Crippen molar-refractivity contribution in [1.82, 2.24) is 5.32 Å². The fourth-order valence-electron chi connectivity index (χ4n) is 2.13. The van der Waals surface area contributed by atoms with Gasteiger partial charge in [0.2, 0.25) is 0 Å². The average Bonchev–Trinajstić information content (AvgIpc) is 2.41. The highest BCUT2D eigenvalue weighted by molar-refractivity contribution is 9.10. The van der Waals surface area contributed by atoms with Crippen LogP contribution in [0.25, 0.3) is 0 Å². The van der Waals surface area contributed by atoms with Crippen LogP contribution >= 0.6 is 31.9 Å². The number of carbonyl (C=O) groups is 1. The quantitative estimate of drug-likeness (QED) is 0.764. The molecular weight excluding hydrogens is 394 g/mol. The second-order valence-corrected chi connectivity index (χ2v) is 6.96. The Morgan fingerprint density at radius 3 is 2.43 bits per heavy atom. The molecule has 0 radical (unpaired) electrons. The molecule has 2 aromatic rings. The van der Waals surface area contributed by atoms with Crippen LogP contribution in [0, 0.1) is 6.92 Å². The van der Waals surface area contributed by atoms with Gasteiger partial charge in [-0.25, -0.2) is 0 Å². The van der Waals surface area contributed by atoms with Gasteiger partial charge in [-0.3, -0.25) is 4.79 Å². The van der Waals surface area contributed by atoms with E-state index in [1.165, 1.54) is 5.56 Å². The highest BCUT2D eigenvalue weighted by Crippen LogP contribution is 2.18. The summed E-state index contributed by atoms with van der Waals surface area (Å²) in [5.41, 5.74) is 3.00. The van der Waals surface area contributed by atoms with Crippen molar-refractivity contribution in [1.29, 1.82) is 0 Å². The lowest BCUT2D eigenvalue weighted by atomic mass is 10.1. The van der Waals surface area contributed by atoms with Gasteiger partial charge in [0.25, 0.3) is 5.91 Å². The zero-order chi connectivity index (χ0) is 15.4. The summed E-state index contributed by atoms with van der Waals surface area (Å²) in [6.07, 6.45) is 0.808. The number of carbonyl (C=O) groups excluding carboxylic acids is 1. The number of amides is 1. The van der Waals surface area contributed by atoms with Crippen molar-refractivity contribution in [3.05, 3.63) is 68.1 Å². The van der Waals surface area contributed by atoms with Crippen LogP contribution in [-0.2, 0) is 6.42 Å². The largest absolute Gasteiger partial charge is 0.349 e. The van der Waals surface area contributed by atoms with Gasteiger partial charge >= 0.3 is 0 Å². The van der Waals surface area contributed by atoms with Crippen molar-refractivity contribution >= 4 is 37.8 Å². The van der Waals surface area contributed by atoms with Crippen molar-refractivity contribution in [2.75, 3.05) is 0 Å². The summed E-state index contributed by atoms with van der Waals surface area (Å²) in [7, 11) is 0. The lowest BCUT2D eigenvalue weighted by molar-refractivity contribution is 0.0939. The summed E-state index contributed by atoms with van der Waals surface area (Å²) in [5, 5.41) is 3.04. The number of benzene rings is 2. The Morgan fingerprint density at radius 1 is 1.14 bits per heavy atom. The van der Waals surface area contributed by atoms with Crippen LogP contribution in [0.1, 0.15) is 28.4 Å². The normalized spacial score (nSPS) is 12.0. The number of rotatable bonds is 4. The van der Waals surface area contributed by atoms with Gasteiger partial charge in [0.15, 0.2) is 0 Å². The molecule has 0 bridgehead atoms. The second kappa shape index (κ2) is 7.23. The summed E-state index contributed by atoms with van der Waals surface area (Å²) < 4.78 is 1.89. The van der Waals surface area contributed by atoms with E-state index in [0.29, 0.717) is 5.56 Å². The Balaban J connectivity index is 2.00. The molecule has 1 amide bonds. The van der Waals surface area contributed by atoms with E-state index in [-0.39, 0.29) is 11.9 Å². The molecule has 110 valence electrons. The van der Waals surface area contributed by atoms with E-state index >= 15 is 0 Å². The molecular formula is C17H17Br2NO. The topological polar surface area (TPSA) is 29.1 Å². The first-order valence-electron chi connectivity index (χ1n) is 6.77. The highest BCUT2D eigenvalue weighted by atomic mass is 79.9. The van der Waals surface area contributed by atoms with Gasteiger partial charge in [0.1, 0.15) is 0 Å². The van der Waals surface area contributed by atoms with Crippen molar-refractivity contribution in [3.63, 3.8) is 0 Å². The third-order valence-electron chi connectivity index (χ3n) is 3.20. The van der Waals surface area contributed by atoms with Crippen LogP contribution in [0.3, 0.4) is 0 Å². The molecule has 2 nitrogen and oxygen atoms in total. The molecule has 21 heavy (non-hydrogen) atoms. The van der Waals surface area contributed by atoms with E-state index in [1.54, 1.807) is 0 Å². The molecule has 0 aromatic heterocycles. The SMILES string of the molecule is Cc1ccc(C(=O)NC(C)Cc2ccc(Br)cc2)c(Br)c1. The molecule has 0 heterocycles. The molecule has 1 unspecified atom stereocenters. The van der Waals surface area contributed by atoms with Crippen LogP contribution in [0.4, 0.5) is 0 Å². The standard InChI is InChI=1S/C17H17Br2NO/c1-11-3-8-15(16(19)9-11)17(21)20-12(2)10-13-4-6-14(18)7-5-13/h3-9,12H,10H2,1-2H3,(H,20,21). The fourth-order valence-corrected chi connectivity index (χ4v) is 3.07. The predicted octanol–water partition coefficient (Wildman–Crippen LogP) is 4.88. The fraction of sp³-hybridized carbons (Fsp3) is 0.235. The maximum atomic E-state index is 12.3. The zero-order valence-electron chi connectivity index (χ0n) is 12.0. The van der Waals surface area contributed by atoms with Gasteiger partial charge < -0.3 is 5.32 Å². The monoisotopic (exact) mass is 409 g/mol. The number of hydrogen-bond acceptors (Lipinski definition) is 1. The Kier molecular flexibility index (Phi) is 5.59. The lowest BCUT2D eigenvalue weighted by Crippen LogP contribution is -2.34. The molecule has 0 fully saturated rings. The van der Waals surface area contributed by atoms with E-state index in [2.05, 4.69) is 49.3 Å². The van der Waals surface area contributed by atoms with Gasteiger partial charge in [-0.2, -0.15) is 0 Å². The van der Waals surface area contributed by atoms with Crippen LogP contribution in [-0.4, -0.2) is 11.9 Å². The van der Waals surface area contributed by atoms with E-state index in [9.17, 15) is 4.79 Å². The molecule has 0 aliphatic carbocycles. The first kappa shape index (κ1) is 16.2. The third kappa shape index (κ3) is 4.68. The molecule has 1 N–H and O–H groups in total. The van der Waals surface area contributed by atoms with Crippen molar-refractivity contribution in [2.24, 2.45) is 0 Å². The molecule has 0 aliphatic rings. The zero-order valence-corrected chi connectivity index (χ0v) is 15.2. The minimum Gasteiger partial charge on any atom is -0.349 e. The smallest absolute Gasteiger partial charge is 0.252 e. The van der Waals surface area contributed by atoms with Crippen LogP contribution < -0.4 is 5.32 Å². The van der Waals surface area contributed by atoms with E-state index < -0.39 is 0 Å². The Labute approximate surface area is 142 Å². The predicted molar refractivity (Wildman–Crippen MR) is 93.7 cm³/mol. The lowest BCUT2D eigenvalue weighted by Gasteiger charge is -2.15. The summed E-state index contributed by atoms with van der Waals surface area (Å²) in [6, 6.07) is 14.0. The summed E-state index contributed by atoms with van der Waals surface area (Å²) in [6.45, 7) is 4.02. The van der Waals surface area contributed by atoms with Crippen LogP contribution in [0.2, 0.25) is 0 Å². The molecule has 0 saturated carbocycles. The van der Waals surface area contributed by atoms with Crippen molar-refractivity contribution in [3.8, 4) is 0 Å². The van der Waals surface area contributed by atoms with Gasteiger partial charge in [0.05, 0.1) is 5.56 Å². The molecule has 0 aliphatic heterocycles. The maximum absolute atomic E-state index is 12.3. The molecule has 2 rings (SSSR count). The molecule has 0 spiro atoms. The molecule has 0 saturated heterocycles.